The molecule has 0 spiro atoms. The monoisotopic (exact) mass is 341 g/mol. The first-order chi connectivity index (χ1) is 11.5. The van der Waals surface area contributed by atoms with Crippen molar-refractivity contribution in [3.05, 3.63) is 46.6 Å². The van der Waals surface area contributed by atoms with Gasteiger partial charge in [0.1, 0.15) is 15.6 Å². The number of amides is 1. The fraction of sp³-hybridized carbons (Fsp3) is 0.294. The molecule has 0 aliphatic heterocycles. The van der Waals surface area contributed by atoms with Gasteiger partial charge in [-0.15, -0.1) is 16.4 Å². The summed E-state index contributed by atoms with van der Waals surface area (Å²) in [4.78, 5) is 17.4. The van der Waals surface area contributed by atoms with Crippen LogP contribution in [0.4, 0.5) is 0 Å². The Morgan fingerprint density at radius 1 is 1.21 bits per heavy atom. The lowest BCUT2D eigenvalue weighted by molar-refractivity contribution is 0.0946. The van der Waals surface area contributed by atoms with Crippen molar-refractivity contribution in [1.29, 1.82) is 0 Å². The van der Waals surface area contributed by atoms with E-state index in [1.165, 1.54) is 11.3 Å². The number of hydrogen-bond acceptors (Lipinski definition) is 5. The van der Waals surface area contributed by atoms with Crippen molar-refractivity contribution in [1.82, 2.24) is 25.3 Å². The highest BCUT2D eigenvalue weighted by Crippen LogP contribution is 2.29. The lowest BCUT2D eigenvalue weighted by Crippen LogP contribution is -2.29. The molecule has 3 rings (SSSR count). The number of nitrogens with zero attached hydrogens (tertiary/aromatic N) is 4. The number of thiazole rings is 1. The van der Waals surface area contributed by atoms with Crippen molar-refractivity contribution in [2.75, 3.05) is 0 Å². The quantitative estimate of drug-likeness (QED) is 0.791. The van der Waals surface area contributed by atoms with Gasteiger partial charge in [-0.1, -0.05) is 23.4 Å². The van der Waals surface area contributed by atoms with E-state index in [2.05, 4.69) is 20.6 Å². The van der Waals surface area contributed by atoms with Gasteiger partial charge in [0, 0.05) is 6.04 Å². The SMILES string of the molecule is Cc1nc(-c2nnn(-c3ccccc3)c2C)sc1C(=O)NC(C)C. The zero-order valence-corrected chi connectivity index (χ0v) is 14.9. The molecule has 0 unspecified atom stereocenters. The largest absolute Gasteiger partial charge is 0.349 e. The van der Waals surface area contributed by atoms with E-state index < -0.39 is 0 Å². The Labute approximate surface area is 144 Å². The third kappa shape index (κ3) is 3.07. The summed E-state index contributed by atoms with van der Waals surface area (Å²) in [5, 5.41) is 12.1. The number of carbonyl (C=O) groups is 1. The third-order valence-corrected chi connectivity index (χ3v) is 4.68. The summed E-state index contributed by atoms with van der Waals surface area (Å²) in [6.07, 6.45) is 0. The molecule has 0 radical (unpaired) electrons. The maximum absolute atomic E-state index is 12.3. The van der Waals surface area contributed by atoms with Gasteiger partial charge >= 0.3 is 0 Å². The van der Waals surface area contributed by atoms with Gasteiger partial charge in [0.15, 0.2) is 0 Å². The Hall–Kier alpha value is -2.54. The average molecular weight is 341 g/mol. The minimum atomic E-state index is -0.0978. The third-order valence-electron chi connectivity index (χ3n) is 3.52. The van der Waals surface area contributed by atoms with Crippen molar-refractivity contribution in [3.8, 4) is 16.4 Å². The van der Waals surface area contributed by atoms with E-state index >= 15 is 0 Å². The molecule has 6 nitrogen and oxygen atoms in total. The van der Waals surface area contributed by atoms with E-state index in [1.807, 2.05) is 58.0 Å². The molecule has 0 aliphatic carbocycles. The predicted molar refractivity (Wildman–Crippen MR) is 94.5 cm³/mol. The van der Waals surface area contributed by atoms with Crippen LogP contribution in [-0.4, -0.2) is 31.9 Å². The van der Waals surface area contributed by atoms with E-state index in [0.29, 0.717) is 21.3 Å². The van der Waals surface area contributed by atoms with Gasteiger partial charge in [0.25, 0.3) is 5.91 Å². The summed E-state index contributed by atoms with van der Waals surface area (Å²) in [7, 11) is 0. The molecule has 3 aromatic rings. The number of nitrogens with one attached hydrogen (secondary N) is 1. The van der Waals surface area contributed by atoms with Crippen molar-refractivity contribution >= 4 is 17.2 Å². The van der Waals surface area contributed by atoms with E-state index in [1.54, 1.807) is 4.68 Å². The first-order valence-corrected chi connectivity index (χ1v) is 8.55. The summed E-state index contributed by atoms with van der Waals surface area (Å²) in [6.45, 7) is 7.66. The van der Waals surface area contributed by atoms with Gasteiger partial charge in [0.05, 0.1) is 17.1 Å². The smallest absolute Gasteiger partial charge is 0.263 e. The minimum absolute atomic E-state index is 0.0862. The Kier molecular flexibility index (Phi) is 4.44. The molecule has 1 aromatic carbocycles. The molecule has 1 N–H and O–H groups in total. The molecule has 7 heteroatoms. The van der Waals surface area contributed by atoms with E-state index in [4.69, 9.17) is 0 Å². The lowest BCUT2D eigenvalue weighted by atomic mass is 10.3. The van der Waals surface area contributed by atoms with Crippen LogP contribution in [-0.2, 0) is 0 Å². The maximum atomic E-state index is 12.3. The zero-order valence-electron chi connectivity index (χ0n) is 14.1. The molecule has 0 atom stereocenters. The number of rotatable bonds is 4. The highest BCUT2D eigenvalue weighted by molar-refractivity contribution is 7.17. The normalized spacial score (nSPS) is 11.0. The number of para-hydroxylation sites is 1. The van der Waals surface area contributed by atoms with Gasteiger partial charge in [-0.05, 0) is 39.8 Å². The molecular formula is C17H19N5OS. The van der Waals surface area contributed by atoms with Crippen LogP contribution in [0.15, 0.2) is 30.3 Å². The fourth-order valence-corrected chi connectivity index (χ4v) is 3.38. The van der Waals surface area contributed by atoms with Crippen LogP contribution in [0.1, 0.15) is 34.9 Å². The number of aryl methyl sites for hydroxylation is 1. The van der Waals surface area contributed by atoms with Crippen LogP contribution < -0.4 is 5.32 Å². The van der Waals surface area contributed by atoms with Crippen LogP contribution >= 0.6 is 11.3 Å². The maximum Gasteiger partial charge on any atom is 0.263 e. The summed E-state index contributed by atoms with van der Waals surface area (Å²) in [5.41, 5.74) is 3.25. The Balaban J connectivity index is 1.96. The standard InChI is InChI=1S/C17H19N5OS/c1-10(2)18-16(23)15-11(3)19-17(24-15)14-12(4)22(21-20-14)13-8-6-5-7-9-13/h5-10H,1-4H3,(H,18,23). The average Bonchev–Trinajstić information content (AvgIpc) is 3.10. The topological polar surface area (TPSA) is 72.7 Å². The molecule has 0 fully saturated rings. The second kappa shape index (κ2) is 6.52. The lowest BCUT2D eigenvalue weighted by Gasteiger charge is -2.06. The van der Waals surface area contributed by atoms with Crippen molar-refractivity contribution in [3.63, 3.8) is 0 Å². The molecule has 0 aliphatic rings. The molecular weight excluding hydrogens is 322 g/mol. The van der Waals surface area contributed by atoms with Gasteiger partial charge < -0.3 is 5.32 Å². The molecule has 2 aromatic heterocycles. The number of carbonyl (C=O) groups excluding carboxylic acids is 1. The van der Waals surface area contributed by atoms with E-state index in [0.717, 1.165) is 11.4 Å². The summed E-state index contributed by atoms with van der Waals surface area (Å²) in [5.74, 6) is -0.0978. The Bertz CT molecular complexity index is 866. The zero-order chi connectivity index (χ0) is 17.3. The predicted octanol–water partition coefficient (Wildman–Crippen LogP) is 3.15. The Morgan fingerprint density at radius 3 is 2.58 bits per heavy atom. The molecule has 124 valence electrons. The van der Waals surface area contributed by atoms with Crippen molar-refractivity contribution in [2.45, 2.75) is 33.7 Å². The summed E-state index contributed by atoms with van der Waals surface area (Å²) >= 11 is 1.35. The molecule has 0 saturated heterocycles. The molecule has 2 heterocycles. The van der Waals surface area contributed by atoms with Gasteiger partial charge in [-0.2, -0.15) is 0 Å². The van der Waals surface area contributed by atoms with Crippen LogP contribution in [0.25, 0.3) is 16.4 Å². The van der Waals surface area contributed by atoms with Crippen molar-refractivity contribution in [2.24, 2.45) is 0 Å². The number of aromatic nitrogens is 4. The van der Waals surface area contributed by atoms with Gasteiger partial charge in [-0.25, -0.2) is 9.67 Å². The van der Waals surface area contributed by atoms with E-state index in [-0.39, 0.29) is 11.9 Å². The second-order valence-electron chi connectivity index (χ2n) is 5.83. The van der Waals surface area contributed by atoms with Crippen LogP contribution in [0.5, 0.6) is 0 Å². The van der Waals surface area contributed by atoms with Gasteiger partial charge in [-0.3, -0.25) is 4.79 Å². The first kappa shape index (κ1) is 16.3. The highest BCUT2D eigenvalue weighted by Gasteiger charge is 2.20. The van der Waals surface area contributed by atoms with Crippen LogP contribution in [0.2, 0.25) is 0 Å². The minimum Gasteiger partial charge on any atom is -0.349 e. The number of benzene rings is 1. The molecule has 0 bridgehead atoms. The summed E-state index contributed by atoms with van der Waals surface area (Å²) < 4.78 is 1.78. The number of hydrogen-bond donors (Lipinski definition) is 1. The summed E-state index contributed by atoms with van der Waals surface area (Å²) in [6, 6.07) is 9.90. The molecule has 1 amide bonds. The van der Waals surface area contributed by atoms with Crippen LogP contribution in [0.3, 0.4) is 0 Å². The molecule has 0 saturated carbocycles. The first-order valence-electron chi connectivity index (χ1n) is 7.73. The fourth-order valence-electron chi connectivity index (χ4n) is 2.38. The Morgan fingerprint density at radius 2 is 1.92 bits per heavy atom. The van der Waals surface area contributed by atoms with Crippen LogP contribution in [0, 0.1) is 13.8 Å². The van der Waals surface area contributed by atoms with Gasteiger partial charge in [0.2, 0.25) is 0 Å². The molecule has 24 heavy (non-hydrogen) atoms. The van der Waals surface area contributed by atoms with Crippen molar-refractivity contribution < 1.29 is 4.79 Å². The second-order valence-corrected chi connectivity index (χ2v) is 6.83. The highest BCUT2D eigenvalue weighted by atomic mass is 32.1. The van der Waals surface area contributed by atoms with E-state index in [9.17, 15) is 4.79 Å².